The van der Waals surface area contributed by atoms with Gasteiger partial charge in [-0.15, -0.1) is 0 Å². The average molecular weight is 446 g/mol. The molecule has 3 nitrogen and oxygen atoms in total. The summed E-state index contributed by atoms with van der Waals surface area (Å²) in [7, 11) is -3.50. The van der Waals surface area contributed by atoms with E-state index in [0.29, 0.717) is 5.41 Å². The van der Waals surface area contributed by atoms with E-state index in [1.54, 1.807) is 0 Å². The quantitative estimate of drug-likeness (QED) is 0.674. The van der Waals surface area contributed by atoms with Crippen molar-refractivity contribution in [2.75, 3.05) is 0 Å². The molecule has 0 amide bonds. The summed E-state index contributed by atoms with van der Waals surface area (Å²) in [6.07, 6.45) is 7.53. The summed E-state index contributed by atoms with van der Waals surface area (Å²) in [5.74, 6) is -0.115. The van der Waals surface area contributed by atoms with E-state index in [-0.39, 0.29) is 5.75 Å². The summed E-state index contributed by atoms with van der Waals surface area (Å²) in [6.45, 7) is 0. The Morgan fingerprint density at radius 1 is 0.852 bits per heavy atom. The molecule has 0 heterocycles. The maximum absolute atomic E-state index is 11.3. The van der Waals surface area contributed by atoms with Crippen LogP contribution in [0.5, 0.6) is 0 Å². The molecule has 4 rings (SSSR count). The van der Waals surface area contributed by atoms with Crippen LogP contribution in [0.2, 0.25) is 0 Å². The normalized spacial score (nSPS) is 19.2. The third-order valence-corrected chi connectivity index (χ3v) is 7.26. The summed E-state index contributed by atoms with van der Waals surface area (Å²) in [6, 6.07) is 16.5. The van der Waals surface area contributed by atoms with Gasteiger partial charge in [-0.25, -0.2) is 13.6 Å². The first-order valence-corrected chi connectivity index (χ1v) is 11.9. The lowest BCUT2D eigenvalue weighted by molar-refractivity contribution is 0.330. The molecule has 2 N–H and O–H groups in total. The monoisotopic (exact) mass is 445 g/mol. The zero-order valence-corrected chi connectivity index (χ0v) is 17.7. The SMILES string of the molecule is NS(=O)(=O)Cc1ccc(C2=C(c3ccc(Br)cc3)CC3(CCCC3)C2)cc1. The number of benzene rings is 2. The Kier molecular flexibility index (Phi) is 5.04. The second-order valence-corrected chi connectivity index (χ2v) is 10.6. The Balaban J connectivity index is 1.71. The van der Waals surface area contributed by atoms with Crippen molar-refractivity contribution in [1.29, 1.82) is 0 Å². The van der Waals surface area contributed by atoms with Gasteiger partial charge in [0.15, 0.2) is 0 Å². The van der Waals surface area contributed by atoms with Gasteiger partial charge in [-0.1, -0.05) is 65.2 Å². The van der Waals surface area contributed by atoms with E-state index in [9.17, 15) is 8.42 Å². The van der Waals surface area contributed by atoms with Crippen molar-refractivity contribution >= 4 is 37.1 Å². The lowest BCUT2D eigenvalue weighted by Crippen LogP contribution is -2.14. The maximum atomic E-state index is 11.3. The molecule has 0 saturated heterocycles. The Morgan fingerprint density at radius 3 is 1.81 bits per heavy atom. The second-order valence-electron chi connectivity index (χ2n) is 8.03. The van der Waals surface area contributed by atoms with E-state index in [4.69, 9.17) is 5.14 Å². The van der Waals surface area contributed by atoms with E-state index in [0.717, 1.165) is 22.9 Å². The van der Waals surface area contributed by atoms with Gasteiger partial charge in [0.05, 0.1) is 5.75 Å². The van der Waals surface area contributed by atoms with Crippen LogP contribution in [0.4, 0.5) is 0 Å². The number of halogens is 1. The van der Waals surface area contributed by atoms with Gasteiger partial charge in [0.25, 0.3) is 0 Å². The molecule has 0 aliphatic heterocycles. The highest BCUT2D eigenvalue weighted by molar-refractivity contribution is 9.10. The highest BCUT2D eigenvalue weighted by atomic mass is 79.9. The molecule has 1 spiro atoms. The van der Waals surface area contributed by atoms with E-state index in [1.165, 1.54) is 48.0 Å². The Bertz CT molecular complexity index is 970. The Hall–Kier alpha value is -1.43. The minimum atomic E-state index is -3.50. The van der Waals surface area contributed by atoms with Gasteiger partial charge >= 0.3 is 0 Å². The molecule has 0 atom stereocenters. The molecule has 0 bridgehead atoms. The summed E-state index contributed by atoms with van der Waals surface area (Å²) < 4.78 is 23.8. The van der Waals surface area contributed by atoms with Crippen molar-refractivity contribution in [3.8, 4) is 0 Å². The fraction of sp³-hybridized carbons (Fsp3) is 0.364. The zero-order chi connectivity index (χ0) is 19.1. The van der Waals surface area contributed by atoms with Crippen molar-refractivity contribution in [1.82, 2.24) is 0 Å². The smallest absolute Gasteiger partial charge is 0.213 e. The minimum absolute atomic E-state index is 0.115. The molecule has 27 heavy (non-hydrogen) atoms. The van der Waals surface area contributed by atoms with Crippen molar-refractivity contribution in [3.05, 3.63) is 69.7 Å². The number of allylic oxidation sites excluding steroid dienone is 2. The van der Waals surface area contributed by atoms with Crippen LogP contribution >= 0.6 is 15.9 Å². The molecule has 1 saturated carbocycles. The van der Waals surface area contributed by atoms with E-state index < -0.39 is 10.0 Å². The standard InChI is InChI=1S/C22H24BrNO2S/c23-19-9-7-18(8-10-19)21-14-22(11-1-2-12-22)13-20(21)17-5-3-16(4-6-17)15-27(24,25)26/h3-10H,1-2,11-15H2,(H2,24,25,26). The molecule has 2 aromatic rings. The number of rotatable bonds is 4. The number of nitrogens with two attached hydrogens (primary N) is 1. The third kappa shape index (κ3) is 4.20. The number of primary sulfonamides is 1. The fourth-order valence-electron chi connectivity index (χ4n) is 4.74. The number of hydrogen-bond donors (Lipinski definition) is 1. The predicted octanol–water partition coefficient (Wildman–Crippen LogP) is 5.50. The third-order valence-electron chi connectivity index (χ3n) is 5.99. The molecule has 0 aromatic heterocycles. The summed E-state index contributed by atoms with van der Waals surface area (Å²) in [5.41, 5.74) is 6.52. The molecule has 5 heteroatoms. The molecule has 142 valence electrons. The molecule has 2 aliphatic carbocycles. The van der Waals surface area contributed by atoms with Crippen LogP contribution in [0.3, 0.4) is 0 Å². The van der Waals surface area contributed by atoms with Crippen LogP contribution in [-0.2, 0) is 15.8 Å². The van der Waals surface area contributed by atoms with Crippen LogP contribution in [0, 0.1) is 5.41 Å². The van der Waals surface area contributed by atoms with Gasteiger partial charge in [0, 0.05) is 4.47 Å². The molecule has 0 radical (unpaired) electrons. The highest BCUT2D eigenvalue weighted by Gasteiger charge is 2.41. The molecule has 0 unspecified atom stereocenters. The van der Waals surface area contributed by atoms with Gasteiger partial charge in [0.2, 0.25) is 10.0 Å². The van der Waals surface area contributed by atoms with E-state index >= 15 is 0 Å². The Morgan fingerprint density at radius 2 is 1.33 bits per heavy atom. The van der Waals surface area contributed by atoms with Gasteiger partial charge in [0.1, 0.15) is 0 Å². The minimum Gasteiger partial charge on any atom is -0.228 e. The predicted molar refractivity (Wildman–Crippen MR) is 114 cm³/mol. The van der Waals surface area contributed by atoms with Gasteiger partial charge in [-0.2, -0.15) is 0 Å². The summed E-state index contributed by atoms with van der Waals surface area (Å²) in [4.78, 5) is 0. The Labute approximate surface area is 169 Å². The van der Waals surface area contributed by atoms with Crippen molar-refractivity contribution in [3.63, 3.8) is 0 Å². The van der Waals surface area contributed by atoms with E-state index in [1.807, 2.05) is 12.1 Å². The second kappa shape index (κ2) is 7.19. The van der Waals surface area contributed by atoms with Crippen LogP contribution in [0.15, 0.2) is 53.0 Å². The largest absolute Gasteiger partial charge is 0.228 e. The van der Waals surface area contributed by atoms with Gasteiger partial charge < -0.3 is 0 Å². The fourth-order valence-corrected chi connectivity index (χ4v) is 5.66. The molecule has 2 aromatic carbocycles. The average Bonchev–Trinajstić information content (AvgIpc) is 3.22. The summed E-state index contributed by atoms with van der Waals surface area (Å²) in [5, 5.41) is 5.18. The molecule has 2 aliphatic rings. The number of sulfonamides is 1. The lowest BCUT2D eigenvalue weighted by Gasteiger charge is -2.23. The van der Waals surface area contributed by atoms with Gasteiger partial charge in [-0.3, -0.25) is 0 Å². The van der Waals surface area contributed by atoms with Crippen molar-refractivity contribution in [2.45, 2.75) is 44.3 Å². The van der Waals surface area contributed by atoms with Crippen LogP contribution in [-0.4, -0.2) is 8.42 Å². The van der Waals surface area contributed by atoms with Crippen LogP contribution in [0.1, 0.15) is 55.2 Å². The molecule has 1 fully saturated rings. The maximum Gasteiger partial charge on any atom is 0.213 e. The lowest BCUT2D eigenvalue weighted by atomic mass is 9.81. The van der Waals surface area contributed by atoms with E-state index in [2.05, 4.69) is 52.3 Å². The molecular weight excluding hydrogens is 422 g/mol. The van der Waals surface area contributed by atoms with Crippen molar-refractivity contribution in [2.24, 2.45) is 10.6 Å². The van der Waals surface area contributed by atoms with Crippen molar-refractivity contribution < 1.29 is 8.42 Å². The van der Waals surface area contributed by atoms with Crippen LogP contribution < -0.4 is 5.14 Å². The topological polar surface area (TPSA) is 60.2 Å². The highest BCUT2D eigenvalue weighted by Crippen LogP contribution is 2.57. The number of hydrogen-bond acceptors (Lipinski definition) is 2. The van der Waals surface area contributed by atoms with Crippen LogP contribution in [0.25, 0.3) is 11.1 Å². The van der Waals surface area contributed by atoms with Gasteiger partial charge in [-0.05, 0) is 71.1 Å². The first kappa shape index (κ1) is 18.9. The molecular formula is C22H24BrNO2S. The zero-order valence-electron chi connectivity index (χ0n) is 15.2. The first-order valence-electron chi connectivity index (χ1n) is 9.41. The first-order chi connectivity index (χ1) is 12.8. The summed E-state index contributed by atoms with van der Waals surface area (Å²) >= 11 is 3.53.